The molecule has 1 aliphatic carbocycles. The number of aliphatic hydroxyl groups is 1. The summed E-state index contributed by atoms with van der Waals surface area (Å²) in [5, 5.41) is 9.62. The van der Waals surface area contributed by atoms with Crippen LogP contribution in [0.4, 0.5) is 0 Å². The van der Waals surface area contributed by atoms with Gasteiger partial charge in [0, 0.05) is 7.11 Å². The van der Waals surface area contributed by atoms with E-state index >= 15 is 0 Å². The van der Waals surface area contributed by atoms with E-state index in [1.807, 2.05) is 0 Å². The summed E-state index contributed by atoms with van der Waals surface area (Å²) in [6.07, 6.45) is 3.96. The van der Waals surface area contributed by atoms with Gasteiger partial charge in [-0.3, -0.25) is 0 Å². The maximum atomic E-state index is 7.00. The van der Waals surface area contributed by atoms with E-state index in [1.165, 1.54) is 30.0 Å². The van der Waals surface area contributed by atoms with Crippen molar-refractivity contribution >= 4 is 10.8 Å². The first-order chi connectivity index (χ1) is 10.4. The van der Waals surface area contributed by atoms with Crippen molar-refractivity contribution in [2.75, 3.05) is 7.11 Å². The average molecular weight is 278 g/mol. The maximum Gasteiger partial charge on any atom is 0.0319 e. The number of aliphatic hydroxyl groups excluding tert-OH is 1. The Kier molecular flexibility index (Phi) is 5.99. The molecule has 0 unspecified atom stereocenters. The number of benzene rings is 3. The number of hydrogen-bond donors (Lipinski definition) is 1. The summed E-state index contributed by atoms with van der Waals surface area (Å²) in [5.41, 5.74) is 3.13. The SMILES string of the molecule is CO.c1ccc2c(c1)CCC2.c1ccc2ccccc2c1. The molecular weight excluding hydrogens is 256 g/mol. The Morgan fingerprint density at radius 2 is 0.905 bits per heavy atom. The second-order valence-electron chi connectivity index (χ2n) is 4.97. The van der Waals surface area contributed by atoms with Crippen molar-refractivity contribution in [3.8, 4) is 0 Å². The highest BCUT2D eigenvalue weighted by atomic mass is 16.2. The van der Waals surface area contributed by atoms with Crippen LogP contribution in [-0.4, -0.2) is 12.2 Å². The molecule has 1 nitrogen and oxygen atoms in total. The predicted molar refractivity (Wildman–Crippen MR) is 90.6 cm³/mol. The summed E-state index contributed by atoms with van der Waals surface area (Å²) in [4.78, 5) is 0. The zero-order valence-electron chi connectivity index (χ0n) is 12.5. The second kappa shape index (κ2) is 8.23. The highest BCUT2D eigenvalue weighted by molar-refractivity contribution is 5.81. The molecule has 0 spiro atoms. The third-order valence-electron chi connectivity index (χ3n) is 3.67. The largest absolute Gasteiger partial charge is 0.400 e. The lowest BCUT2D eigenvalue weighted by Gasteiger charge is -1.93. The van der Waals surface area contributed by atoms with E-state index in [-0.39, 0.29) is 0 Å². The van der Waals surface area contributed by atoms with Crippen molar-refractivity contribution in [3.05, 3.63) is 83.9 Å². The third kappa shape index (κ3) is 4.17. The molecule has 4 rings (SSSR count). The van der Waals surface area contributed by atoms with E-state index in [9.17, 15) is 0 Å². The average Bonchev–Trinajstić information content (AvgIpc) is 3.06. The molecule has 3 aromatic rings. The molecule has 1 aliphatic rings. The van der Waals surface area contributed by atoms with Crippen LogP contribution in [-0.2, 0) is 12.8 Å². The number of aryl methyl sites for hydroxylation is 2. The van der Waals surface area contributed by atoms with Crippen molar-refractivity contribution < 1.29 is 5.11 Å². The lowest BCUT2D eigenvalue weighted by atomic mass is 10.1. The van der Waals surface area contributed by atoms with Gasteiger partial charge in [0.1, 0.15) is 0 Å². The topological polar surface area (TPSA) is 20.2 Å². The number of hydrogen-bond acceptors (Lipinski definition) is 1. The molecule has 0 aliphatic heterocycles. The Hall–Kier alpha value is -2.12. The Bertz CT molecular complexity index is 585. The lowest BCUT2D eigenvalue weighted by Crippen LogP contribution is -1.77. The highest BCUT2D eigenvalue weighted by Gasteiger charge is 2.07. The molecule has 0 amide bonds. The summed E-state index contributed by atoms with van der Waals surface area (Å²) < 4.78 is 0. The Morgan fingerprint density at radius 1 is 0.571 bits per heavy atom. The van der Waals surface area contributed by atoms with Gasteiger partial charge in [-0.15, -0.1) is 0 Å². The molecule has 0 radical (unpaired) electrons. The fourth-order valence-corrected chi connectivity index (χ4v) is 2.65. The standard InChI is InChI=1S/C10H8.C9H10.CH4O/c1-2-6-10-8-4-3-7-9(10)5-1;1-2-5-9-7-3-6-8(9)4-1;1-2/h1-8H;1-2,4-5H,3,6-7H2;2H,1H3. The molecule has 0 bridgehead atoms. The van der Waals surface area contributed by atoms with Gasteiger partial charge < -0.3 is 5.11 Å². The van der Waals surface area contributed by atoms with Crippen LogP contribution in [0.3, 0.4) is 0 Å². The van der Waals surface area contributed by atoms with Crippen molar-refractivity contribution in [2.45, 2.75) is 19.3 Å². The van der Waals surface area contributed by atoms with Crippen molar-refractivity contribution in [1.82, 2.24) is 0 Å². The molecule has 0 aromatic heterocycles. The summed E-state index contributed by atoms with van der Waals surface area (Å²) >= 11 is 0. The van der Waals surface area contributed by atoms with E-state index in [2.05, 4.69) is 72.8 Å². The van der Waals surface area contributed by atoms with E-state index < -0.39 is 0 Å². The number of fused-ring (bicyclic) bond motifs is 2. The van der Waals surface area contributed by atoms with Crippen LogP contribution in [0.1, 0.15) is 17.5 Å². The molecule has 0 heterocycles. The molecule has 3 aromatic carbocycles. The van der Waals surface area contributed by atoms with Gasteiger partial charge in [0.05, 0.1) is 0 Å². The minimum atomic E-state index is 1.00. The van der Waals surface area contributed by atoms with Crippen LogP contribution in [0, 0.1) is 0 Å². The molecular formula is C20H22O. The fraction of sp³-hybridized carbons (Fsp3) is 0.200. The zero-order valence-corrected chi connectivity index (χ0v) is 12.5. The first kappa shape index (κ1) is 15.3. The lowest BCUT2D eigenvalue weighted by molar-refractivity contribution is 0.399. The molecule has 0 atom stereocenters. The molecule has 0 saturated heterocycles. The van der Waals surface area contributed by atoms with Gasteiger partial charge >= 0.3 is 0 Å². The van der Waals surface area contributed by atoms with Crippen LogP contribution in [0.2, 0.25) is 0 Å². The minimum Gasteiger partial charge on any atom is -0.400 e. The van der Waals surface area contributed by atoms with Gasteiger partial charge in [0.2, 0.25) is 0 Å². The van der Waals surface area contributed by atoms with E-state index in [1.54, 1.807) is 11.1 Å². The smallest absolute Gasteiger partial charge is 0.0319 e. The van der Waals surface area contributed by atoms with Gasteiger partial charge in [-0.1, -0.05) is 72.8 Å². The van der Waals surface area contributed by atoms with Crippen LogP contribution in [0.25, 0.3) is 10.8 Å². The summed E-state index contributed by atoms with van der Waals surface area (Å²) in [6, 6.07) is 25.4. The summed E-state index contributed by atoms with van der Waals surface area (Å²) in [6.45, 7) is 0. The van der Waals surface area contributed by atoms with E-state index in [0.29, 0.717) is 0 Å². The third-order valence-corrected chi connectivity index (χ3v) is 3.67. The van der Waals surface area contributed by atoms with Crippen LogP contribution in [0.15, 0.2) is 72.8 Å². The van der Waals surface area contributed by atoms with E-state index in [0.717, 1.165) is 7.11 Å². The molecule has 108 valence electrons. The second-order valence-corrected chi connectivity index (χ2v) is 4.97. The van der Waals surface area contributed by atoms with Crippen LogP contribution in [0.5, 0.6) is 0 Å². The molecule has 1 N–H and O–H groups in total. The minimum absolute atomic E-state index is 1.00. The van der Waals surface area contributed by atoms with Crippen molar-refractivity contribution in [3.63, 3.8) is 0 Å². The van der Waals surface area contributed by atoms with E-state index in [4.69, 9.17) is 5.11 Å². The predicted octanol–water partition coefficient (Wildman–Crippen LogP) is 4.62. The number of rotatable bonds is 0. The Balaban J connectivity index is 0.000000138. The maximum absolute atomic E-state index is 7.00. The summed E-state index contributed by atoms with van der Waals surface area (Å²) in [7, 11) is 1.00. The first-order valence-corrected chi connectivity index (χ1v) is 7.39. The quantitative estimate of drug-likeness (QED) is 0.636. The van der Waals surface area contributed by atoms with Gasteiger partial charge in [0.15, 0.2) is 0 Å². The van der Waals surface area contributed by atoms with Gasteiger partial charge in [-0.2, -0.15) is 0 Å². The molecule has 0 fully saturated rings. The normalized spacial score (nSPS) is 11.7. The summed E-state index contributed by atoms with van der Waals surface area (Å²) in [5.74, 6) is 0. The first-order valence-electron chi connectivity index (χ1n) is 7.39. The molecule has 1 heteroatoms. The zero-order chi connectivity index (χ0) is 14.9. The van der Waals surface area contributed by atoms with Gasteiger partial charge in [-0.25, -0.2) is 0 Å². The van der Waals surface area contributed by atoms with Gasteiger partial charge in [0.25, 0.3) is 0 Å². The highest BCUT2D eigenvalue weighted by Crippen LogP contribution is 2.20. The fourth-order valence-electron chi connectivity index (χ4n) is 2.65. The van der Waals surface area contributed by atoms with Gasteiger partial charge in [-0.05, 0) is 41.2 Å². The van der Waals surface area contributed by atoms with Crippen molar-refractivity contribution in [1.29, 1.82) is 0 Å². The monoisotopic (exact) mass is 278 g/mol. The van der Waals surface area contributed by atoms with Crippen molar-refractivity contribution in [2.24, 2.45) is 0 Å². The van der Waals surface area contributed by atoms with Crippen LogP contribution >= 0.6 is 0 Å². The Labute approximate surface area is 126 Å². The molecule has 0 saturated carbocycles. The van der Waals surface area contributed by atoms with Crippen LogP contribution < -0.4 is 0 Å². The molecule has 21 heavy (non-hydrogen) atoms. The Morgan fingerprint density at radius 3 is 1.29 bits per heavy atom.